The van der Waals surface area contributed by atoms with Gasteiger partial charge in [0.2, 0.25) is 11.8 Å². The van der Waals surface area contributed by atoms with Crippen molar-refractivity contribution in [1.29, 1.82) is 0 Å². The predicted molar refractivity (Wildman–Crippen MR) is 107 cm³/mol. The second-order valence-electron chi connectivity index (χ2n) is 9.12. The molecule has 0 spiro atoms. The zero-order valence-corrected chi connectivity index (χ0v) is 17.2. The summed E-state index contributed by atoms with van der Waals surface area (Å²) in [5, 5.41) is 0. The second kappa shape index (κ2) is 6.89. The van der Waals surface area contributed by atoms with E-state index in [0.29, 0.717) is 17.4 Å². The molecule has 0 N–H and O–H groups in total. The second-order valence-corrected chi connectivity index (χ2v) is 9.12. The highest BCUT2D eigenvalue weighted by atomic mass is 16.5. The molecular formula is C24H25NO5. The predicted octanol–water partition coefficient (Wildman–Crippen LogP) is 2.47. The van der Waals surface area contributed by atoms with E-state index in [1.54, 1.807) is 12.1 Å². The van der Waals surface area contributed by atoms with Gasteiger partial charge >= 0.3 is 5.97 Å². The van der Waals surface area contributed by atoms with Crippen LogP contribution in [0.15, 0.2) is 30.4 Å². The first-order chi connectivity index (χ1) is 14.4. The molecule has 6 atom stereocenters. The largest absolute Gasteiger partial charge is 0.457 e. The van der Waals surface area contributed by atoms with Crippen LogP contribution in [-0.2, 0) is 19.1 Å². The van der Waals surface area contributed by atoms with Crippen LogP contribution in [0, 0.1) is 49.4 Å². The maximum atomic E-state index is 12.9. The minimum atomic E-state index is -0.577. The van der Waals surface area contributed by atoms with Gasteiger partial charge < -0.3 is 4.74 Å². The molecule has 1 aromatic carbocycles. The summed E-state index contributed by atoms with van der Waals surface area (Å²) in [6.07, 6.45) is 5.28. The fraction of sp³-hybridized carbons (Fsp3) is 0.500. The van der Waals surface area contributed by atoms with Crippen molar-refractivity contribution in [3.05, 3.63) is 47.0 Å². The summed E-state index contributed by atoms with van der Waals surface area (Å²) < 4.78 is 5.11. The number of esters is 1. The normalized spacial score (nSPS) is 32.8. The zero-order chi connectivity index (χ0) is 21.2. The van der Waals surface area contributed by atoms with Gasteiger partial charge in [0.15, 0.2) is 12.4 Å². The van der Waals surface area contributed by atoms with Crippen LogP contribution in [0.25, 0.3) is 0 Å². The summed E-state index contributed by atoms with van der Waals surface area (Å²) in [4.78, 5) is 51.4. The SMILES string of the molecule is Cc1ccc(C(=O)COC(=O)CCN2C(=O)[C@@H]3[C@@H]4C=C[C@H]([C@H]5C[C@H]45)[C@@H]3C2=O)cc1C. The molecule has 0 aromatic heterocycles. The van der Waals surface area contributed by atoms with Crippen molar-refractivity contribution in [2.45, 2.75) is 26.7 Å². The van der Waals surface area contributed by atoms with E-state index in [9.17, 15) is 19.2 Å². The first-order valence-electron chi connectivity index (χ1n) is 10.7. The molecule has 6 nitrogen and oxygen atoms in total. The Morgan fingerprint density at radius 3 is 2.23 bits per heavy atom. The summed E-state index contributed by atoms with van der Waals surface area (Å²) >= 11 is 0. The van der Waals surface area contributed by atoms with Crippen molar-refractivity contribution >= 4 is 23.6 Å². The summed E-state index contributed by atoms with van der Waals surface area (Å²) in [5.74, 6) is -0.180. The van der Waals surface area contributed by atoms with Crippen LogP contribution < -0.4 is 0 Å². The van der Waals surface area contributed by atoms with Crippen LogP contribution in [0.2, 0.25) is 0 Å². The Morgan fingerprint density at radius 1 is 1.00 bits per heavy atom. The summed E-state index contributed by atoms with van der Waals surface area (Å²) in [6, 6.07) is 5.36. The third-order valence-electron chi connectivity index (χ3n) is 7.49. The van der Waals surface area contributed by atoms with E-state index in [1.165, 1.54) is 4.90 Å². The van der Waals surface area contributed by atoms with Crippen LogP contribution in [0.3, 0.4) is 0 Å². The molecule has 0 radical (unpaired) electrons. The number of allylic oxidation sites excluding steroid dienone is 2. The third-order valence-corrected chi connectivity index (χ3v) is 7.49. The Hall–Kier alpha value is -2.76. The highest BCUT2D eigenvalue weighted by Gasteiger charge is 2.66. The van der Waals surface area contributed by atoms with Gasteiger partial charge in [-0.15, -0.1) is 0 Å². The summed E-state index contributed by atoms with van der Waals surface area (Å²) in [6.45, 7) is 3.57. The topological polar surface area (TPSA) is 80.8 Å². The lowest BCUT2D eigenvalue weighted by atomic mass is 9.63. The fourth-order valence-corrected chi connectivity index (χ4v) is 5.66. The Labute approximate surface area is 175 Å². The molecule has 156 valence electrons. The molecule has 6 rings (SSSR count). The number of amides is 2. The number of likely N-dealkylation sites (tertiary alicyclic amines) is 1. The van der Waals surface area contributed by atoms with Gasteiger partial charge in [-0.1, -0.05) is 24.3 Å². The number of hydrogen-bond donors (Lipinski definition) is 0. The zero-order valence-electron chi connectivity index (χ0n) is 17.2. The summed E-state index contributed by atoms with van der Waals surface area (Å²) in [5.41, 5.74) is 2.59. The van der Waals surface area contributed by atoms with Crippen LogP contribution in [-0.4, -0.2) is 41.6 Å². The molecule has 0 unspecified atom stereocenters. The van der Waals surface area contributed by atoms with Crippen LogP contribution in [0.5, 0.6) is 0 Å². The highest BCUT2D eigenvalue weighted by Crippen LogP contribution is 2.65. The molecular weight excluding hydrogens is 382 g/mol. The monoisotopic (exact) mass is 407 g/mol. The lowest BCUT2D eigenvalue weighted by molar-refractivity contribution is -0.145. The molecule has 2 saturated carbocycles. The quantitative estimate of drug-likeness (QED) is 0.313. The van der Waals surface area contributed by atoms with Crippen molar-refractivity contribution in [1.82, 2.24) is 4.90 Å². The molecule has 1 aliphatic heterocycles. The average Bonchev–Trinajstić information content (AvgIpc) is 3.51. The van der Waals surface area contributed by atoms with E-state index < -0.39 is 5.97 Å². The number of Topliss-reactive ketones (excluding diaryl/α,β-unsaturated/α-hetero) is 1. The number of benzene rings is 1. The van der Waals surface area contributed by atoms with Crippen molar-refractivity contribution < 1.29 is 23.9 Å². The van der Waals surface area contributed by atoms with Crippen molar-refractivity contribution in [2.24, 2.45) is 35.5 Å². The van der Waals surface area contributed by atoms with E-state index in [2.05, 4.69) is 12.2 Å². The van der Waals surface area contributed by atoms with Crippen molar-refractivity contribution in [2.75, 3.05) is 13.2 Å². The molecule has 1 saturated heterocycles. The van der Waals surface area contributed by atoms with Crippen molar-refractivity contribution in [3.8, 4) is 0 Å². The standard InChI is InChI=1S/C24H25NO5/c1-12-3-4-14(9-13(12)2)19(26)11-30-20(27)7-8-25-23(28)21-15-5-6-16(18-10-17(15)18)22(21)24(25)29/h3-6,9,15-18,21-22H,7-8,10-11H2,1-2H3/t15-,16-,17-,18-,21-,22+/m1/s1. The molecule has 2 bridgehead atoms. The number of nitrogens with zero attached hydrogens (tertiary/aromatic N) is 1. The Bertz CT molecular complexity index is 959. The fourth-order valence-electron chi connectivity index (χ4n) is 5.66. The number of imide groups is 1. The van der Waals surface area contributed by atoms with E-state index in [4.69, 9.17) is 4.74 Å². The van der Waals surface area contributed by atoms with E-state index in [1.807, 2.05) is 19.9 Å². The van der Waals surface area contributed by atoms with Gasteiger partial charge in [-0.05, 0) is 61.1 Å². The number of carbonyl (C=O) groups excluding carboxylic acids is 4. The van der Waals surface area contributed by atoms with Gasteiger partial charge in [-0.3, -0.25) is 24.1 Å². The van der Waals surface area contributed by atoms with Crippen LogP contribution in [0.1, 0.15) is 34.3 Å². The number of rotatable bonds is 6. The number of hydrogen-bond acceptors (Lipinski definition) is 5. The molecule has 3 fully saturated rings. The number of carbonyl (C=O) groups is 4. The minimum absolute atomic E-state index is 0.0239. The lowest BCUT2D eigenvalue weighted by Gasteiger charge is -2.37. The van der Waals surface area contributed by atoms with Gasteiger partial charge in [-0.25, -0.2) is 0 Å². The number of ketones is 1. The van der Waals surface area contributed by atoms with Gasteiger partial charge in [0.25, 0.3) is 0 Å². The highest BCUT2D eigenvalue weighted by molar-refractivity contribution is 6.06. The smallest absolute Gasteiger partial charge is 0.308 e. The summed E-state index contributed by atoms with van der Waals surface area (Å²) in [7, 11) is 0. The molecule has 2 amide bonds. The number of aryl methyl sites for hydroxylation is 2. The minimum Gasteiger partial charge on any atom is -0.457 e. The molecule has 1 heterocycles. The maximum absolute atomic E-state index is 12.9. The Morgan fingerprint density at radius 2 is 1.63 bits per heavy atom. The first-order valence-corrected chi connectivity index (χ1v) is 10.7. The van der Waals surface area contributed by atoms with E-state index in [-0.39, 0.29) is 60.8 Å². The Balaban J connectivity index is 1.15. The average molecular weight is 407 g/mol. The van der Waals surface area contributed by atoms with Gasteiger partial charge in [0, 0.05) is 12.1 Å². The van der Waals surface area contributed by atoms with Crippen molar-refractivity contribution in [3.63, 3.8) is 0 Å². The maximum Gasteiger partial charge on any atom is 0.308 e. The van der Waals surface area contributed by atoms with E-state index >= 15 is 0 Å². The molecule has 5 aliphatic rings. The van der Waals surface area contributed by atoms with Crippen LogP contribution in [0.4, 0.5) is 0 Å². The lowest BCUT2D eigenvalue weighted by Crippen LogP contribution is -2.40. The van der Waals surface area contributed by atoms with Gasteiger partial charge in [0.1, 0.15) is 0 Å². The molecule has 6 heteroatoms. The first kappa shape index (κ1) is 19.2. The third kappa shape index (κ3) is 2.92. The number of ether oxygens (including phenoxy) is 1. The van der Waals surface area contributed by atoms with Crippen LogP contribution >= 0.6 is 0 Å². The molecule has 30 heavy (non-hydrogen) atoms. The van der Waals surface area contributed by atoms with E-state index in [0.717, 1.165) is 17.5 Å². The Kier molecular flexibility index (Phi) is 4.42. The molecule has 4 aliphatic carbocycles. The van der Waals surface area contributed by atoms with Gasteiger partial charge in [-0.2, -0.15) is 0 Å². The molecule has 1 aromatic rings. The van der Waals surface area contributed by atoms with Gasteiger partial charge in [0.05, 0.1) is 18.3 Å².